The van der Waals surface area contributed by atoms with Crippen molar-refractivity contribution in [3.8, 4) is 0 Å². The van der Waals surface area contributed by atoms with E-state index in [4.69, 9.17) is 0 Å². The molecule has 0 spiro atoms. The normalized spacial score (nSPS) is 10.9. The number of nitrogens with zero attached hydrogens (tertiary/aromatic N) is 3. The fraction of sp³-hybridized carbons (Fsp3) is 0.312. The second-order valence-electron chi connectivity index (χ2n) is 5.12. The van der Waals surface area contributed by atoms with Crippen molar-refractivity contribution >= 4 is 6.20 Å². The van der Waals surface area contributed by atoms with Gasteiger partial charge in [0.1, 0.15) is 0 Å². The topological polar surface area (TPSA) is 33.1 Å². The standard InChI is InChI=1S/C16H22N4/c1-4-20-12-14(10-18-20)9-17-11-15-7-5-6-8-16(15)13-19(2)3/h4-8,10,12,17H,1,9,11,13H2,2-3H3. The molecule has 1 N–H and O–H groups in total. The zero-order chi connectivity index (χ0) is 14.4. The summed E-state index contributed by atoms with van der Waals surface area (Å²) in [6.45, 7) is 6.33. The minimum atomic E-state index is 0.810. The molecule has 2 rings (SSSR count). The molecule has 1 aromatic heterocycles. The molecule has 0 radical (unpaired) electrons. The molecule has 1 aromatic carbocycles. The summed E-state index contributed by atoms with van der Waals surface area (Å²) in [5, 5.41) is 7.63. The molecule has 0 aliphatic carbocycles. The van der Waals surface area contributed by atoms with Gasteiger partial charge in [0.05, 0.1) is 6.20 Å². The van der Waals surface area contributed by atoms with E-state index in [-0.39, 0.29) is 0 Å². The van der Waals surface area contributed by atoms with Gasteiger partial charge in [-0.3, -0.25) is 0 Å². The van der Waals surface area contributed by atoms with Crippen LogP contribution in [0.15, 0.2) is 43.2 Å². The van der Waals surface area contributed by atoms with Gasteiger partial charge in [-0.05, 0) is 25.2 Å². The van der Waals surface area contributed by atoms with E-state index in [0.717, 1.165) is 25.2 Å². The van der Waals surface area contributed by atoms with Crippen LogP contribution < -0.4 is 5.32 Å². The lowest BCUT2D eigenvalue weighted by molar-refractivity contribution is 0.400. The first-order chi connectivity index (χ1) is 9.69. The van der Waals surface area contributed by atoms with Gasteiger partial charge in [-0.15, -0.1) is 0 Å². The second-order valence-corrected chi connectivity index (χ2v) is 5.12. The maximum Gasteiger partial charge on any atom is 0.0538 e. The third-order valence-electron chi connectivity index (χ3n) is 3.09. The lowest BCUT2D eigenvalue weighted by Crippen LogP contribution is -2.17. The smallest absolute Gasteiger partial charge is 0.0538 e. The molecule has 0 fully saturated rings. The highest BCUT2D eigenvalue weighted by molar-refractivity contribution is 5.27. The van der Waals surface area contributed by atoms with Crippen molar-refractivity contribution < 1.29 is 0 Å². The van der Waals surface area contributed by atoms with E-state index in [1.165, 1.54) is 11.1 Å². The first-order valence-electron chi connectivity index (χ1n) is 6.77. The average molecular weight is 270 g/mol. The van der Waals surface area contributed by atoms with Crippen LogP contribution in [-0.4, -0.2) is 28.8 Å². The van der Waals surface area contributed by atoms with Crippen molar-refractivity contribution in [1.29, 1.82) is 0 Å². The van der Waals surface area contributed by atoms with Crippen molar-refractivity contribution in [3.05, 3.63) is 59.9 Å². The molecule has 0 amide bonds. The molecule has 4 nitrogen and oxygen atoms in total. The van der Waals surface area contributed by atoms with Gasteiger partial charge in [-0.25, -0.2) is 4.68 Å². The van der Waals surface area contributed by atoms with E-state index in [9.17, 15) is 0 Å². The van der Waals surface area contributed by atoms with Crippen LogP contribution in [0.4, 0.5) is 0 Å². The van der Waals surface area contributed by atoms with Crippen LogP contribution in [0, 0.1) is 0 Å². The molecule has 1 heterocycles. The van der Waals surface area contributed by atoms with Crippen molar-refractivity contribution in [2.75, 3.05) is 14.1 Å². The minimum Gasteiger partial charge on any atom is -0.308 e. The van der Waals surface area contributed by atoms with Crippen molar-refractivity contribution in [1.82, 2.24) is 20.0 Å². The van der Waals surface area contributed by atoms with E-state index in [0.29, 0.717) is 0 Å². The highest BCUT2D eigenvalue weighted by Gasteiger charge is 2.03. The Bertz CT molecular complexity index is 557. The fourth-order valence-corrected chi connectivity index (χ4v) is 2.13. The van der Waals surface area contributed by atoms with Crippen molar-refractivity contribution in [2.45, 2.75) is 19.6 Å². The predicted octanol–water partition coefficient (Wildman–Crippen LogP) is 2.33. The SMILES string of the molecule is C=Cn1cc(CNCc2ccccc2CN(C)C)cn1. The van der Waals surface area contributed by atoms with Crippen LogP contribution in [0.3, 0.4) is 0 Å². The Morgan fingerprint density at radius 1 is 1.25 bits per heavy atom. The molecule has 4 heteroatoms. The summed E-state index contributed by atoms with van der Waals surface area (Å²) in [5.41, 5.74) is 3.87. The third kappa shape index (κ3) is 4.05. The number of benzene rings is 1. The number of rotatable bonds is 7. The average Bonchev–Trinajstić information content (AvgIpc) is 2.88. The van der Waals surface area contributed by atoms with Gasteiger partial charge in [0.2, 0.25) is 0 Å². The lowest BCUT2D eigenvalue weighted by Gasteiger charge is -2.14. The van der Waals surface area contributed by atoms with E-state index in [1.807, 2.05) is 12.4 Å². The van der Waals surface area contributed by atoms with Crippen LogP contribution in [0.2, 0.25) is 0 Å². The number of hydrogen-bond donors (Lipinski definition) is 1. The Labute approximate surface area is 120 Å². The molecule has 0 bridgehead atoms. The Hall–Kier alpha value is -1.91. The molecule has 0 unspecified atom stereocenters. The number of hydrogen-bond acceptors (Lipinski definition) is 3. The summed E-state index contributed by atoms with van der Waals surface area (Å²) in [4.78, 5) is 2.19. The van der Waals surface area contributed by atoms with Crippen molar-refractivity contribution in [3.63, 3.8) is 0 Å². The Kier molecular flexibility index (Phi) is 5.09. The van der Waals surface area contributed by atoms with Gasteiger partial charge in [-0.2, -0.15) is 5.10 Å². The van der Waals surface area contributed by atoms with E-state index < -0.39 is 0 Å². The predicted molar refractivity (Wildman–Crippen MR) is 83.0 cm³/mol. The van der Waals surface area contributed by atoms with Crippen LogP contribution in [0.25, 0.3) is 6.20 Å². The van der Waals surface area contributed by atoms with Gasteiger partial charge < -0.3 is 10.2 Å². The van der Waals surface area contributed by atoms with Gasteiger partial charge in [0.25, 0.3) is 0 Å². The lowest BCUT2D eigenvalue weighted by atomic mass is 10.1. The Morgan fingerprint density at radius 2 is 2.00 bits per heavy atom. The number of nitrogens with one attached hydrogen (secondary N) is 1. The molecule has 0 saturated heterocycles. The maximum absolute atomic E-state index is 4.17. The summed E-state index contributed by atoms with van der Waals surface area (Å²) >= 11 is 0. The highest BCUT2D eigenvalue weighted by Crippen LogP contribution is 2.10. The monoisotopic (exact) mass is 270 g/mol. The summed E-state index contributed by atoms with van der Waals surface area (Å²) in [5.74, 6) is 0. The molecule has 0 saturated carbocycles. The zero-order valence-electron chi connectivity index (χ0n) is 12.2. The largest absolute Gasteiger partial charge is 0.308 e. The summed E-state index contributed by atoms with van der Waals surface area (Å²) in [7, 11) is 4.18. The van der Waals surface area contributed by atoms with Crippen LogP contribution in [0.1, 0.15) is 16.7 Å². The van der Waals surface area contributed by atoms with Gasteiger partial charge in [0, 0.05) is 37.6 Å². The third-order valence-corrected chi connectivity index (χ3v) is 3.09. The molecular weight excluding hydrogens is 248 g/mol. The second kappa shape index (κ2) is 7.03. The molecule has 0 aliphatic heterocycles. The number of aromatic nitrogens is 2. The van der Waals surface area contributed by atoms with Crippen LogP contribution >= 0.6 is 0 Å². The molecule has 20 heavy (non-hydrogen) atoms. The van der Waals surface area contributed by atoms with Gasteiger partial charge in [0.15, 0.2) is 0 Å². The molecule has 2 aromatic rings. The summed E-state index contributed by atoms with van der Waals surface area (Å²) in [6, 6.07) is 8.55. The summed E-state index contributed by atoms with van der Waals surface area (Å²) in [6.07, 6.45) is 5.53. The maximum atomic E-state index is 4.17. The van der Waals surface area contributed by atoms with E-state index in [2.05, 4.69) is 60.3 Å². The first-order valence-corrected chi connectivity index (χ1v) is 6.77. The Morgan fingerprint density at radius 3 is 2.65 bits per heavy atom. The van der Waals surface area contributed by atoms with E-state index in [1.54, 1.807) is 10.9 Å². The zero-order valence-corrected chi connectivity index (χ0v) is 12.2. The highest BCUT2D eigenvalue weighted by atomic mass is 15.2. The molecule has 0 atom stereocenters. The van der Waals surface area contributed by atoms with Crippen LogP contribution in [-0.2, 0) is 19.6 Å². The Balaban J connectivity index is 1.91. The molecular formula is C16H22N4. The first kappa shape index (κ1) is 14.5. The summed E-state index contributed by atoms with van der Waals surface area (Å²) < 4.78 is 1.72. The van der Waals surface area contributed by atoms with Gasteiger partial charge in [-0.1, -0.05) is 30.8 Å². The molecule has 106 valence electrons. The fourth-order valence-electron chi connectivity index (χ4n) is 2.13. The van der Waals surface area contributed by atoms with Crippen LogP contribution in [0.5, 0.6) is 0 Å². The van der Waals surface area contributed by atoms with E-state index >= 15 is 0 Å². The minimum absolute atomic E-state index is 0.810. The van der Waals surface area contributed by atoms with Gasteiger partial charge >= 0.3 is 0 Å². The molecule has 0 aliphatic rings. The quantitative estimate of drug-likeness (QED) is 0.838. The van der Waals surface area contributed by atoms with Crippen molar-refractivity contribution in [2.24, 2.45) is 0 Å².